The van der Waals surface area contributed by atoms with Gasteiger partial charge in [-0.15, -0.1) is 0 Å². The Bertz CT molecular complexity index is 188. The predicted octanol–water partition coefficient (Wildman–Crippen LogP) is 4.59. The molecule has 0 heterocycles. The van der Waals surface area contributed by atoms with Crippen LogP contribution in [0.15, 0.2) is 0 Å². The first-order valence-electron chi connectivity index (χ1n) is 7.13. The fourth-order valence-electron chi connectivity index (χ4n) is 2.56. The van der Waals surface area contributed by atoms with E-state index < -0.39 is 8.56 Å². The summed E-state index contributed by atoms with van der Waals surface area (Å²) in [6.45, 7) is 6.14. The molecule has 17 heavy (non-hydrogen) atoms. The fourth-order valence-corrected chi connectivity index (χ4v) is 9.06. The van der Waals surface area contributed by atoms with Gasteiger partial charge in [-0.3, -0.25) is 0 Å². The van der Waals surface area contributed by atoms with E-state index in [1.54, 1.807) is 0 Å². The van der Waals surface area contributed by atoms with Crippen LogP contribution in [-0.2, 0) is 8.85 Å². The van der Waals surface area contributed by atoms with Crippen LogP contribution >= 0.6 is 22.6 Å². The van der Waals surface area contributed by atoms with Crippen LogP contribution in [-0.4, -0.2) is 25.8 Å². The minimum atomic E-state index is -1.92. The van der Waals surface area contributed by atoms with Crippen molar-refractivity contribution in [3.8, 4) is 0 Å². The van der Waals surface area contributed by atoms with Crippen molar-refractivity contribution in [3.63, 3.8) is 0 Å². The second-order valence-electron chi connectivity index (χ2n) is 4.98. The quantitative estimate of drug-likeness (QED) is 0.353. The highest BCUT2D eigenvalue weighted by atomic mass is 127. The van der Waals surface area contributed by atoms with Crippen LogP contribution in [0.1, 0.15) is 58.8 Å². The van der Waals surface area contributed by atoms with Crippen molar-refractivity contribution >= 4 is 31.2 Å². The van der Waals surface area contributed by atoms with Crippen molar-refractivity contribution in [2.75, 3.05) is 17.3 Å². The summed E-state index contributed by atoms with van der Waals surface area (Å²) in [7, 11) is -1.92. The van der Waals surface area contributed by atoms with E-state index in [9.17, 15) is 0 Å². The van der Waals surface area contributed by atoms with Gasteiger partial charge >= 0.3 is 8.56 Å². The molecule has 0 aliphatic heterocycles. The van der Waals surface area contributed by atoms with Crippen molar-refractivity contribution in [2.45, 2.75) is 64.3 Å². The molecule has 0 saturated heterocycles. The minimum absolute atomic E-state index is 0.742. The lowest BCUT2D eigenvalue weighted by Gasteiger charge is -2.38. The highest BCUT2D eigenvalue weighted by molar-refractivity contribution is 14.1. The van der Waals surface area contributed by atoms with Crippen LogP contribution in [0.2, 0.25) is 5.54 Å². The summed E-state index contributed by atoms with van der Waals surface area (Å²) >= 11 is 2.50. The summed E-state index contributed by atoms with van der Waals surface area (Å²) < 4.78 is 13.7. The Kier molecular flexibility index (Phi) is 8.32. The third kappa shape index (κ3) is 4.80. The van der Waals surface area contributed by atoms with Gasteiger partial charge in [-0.25, -0.2) is 0 Å². The van der Waals surface area contributed by atoms with Gasteiger partial charge in [0.15, 0.2) is 0 Å². The maximum Gasteiger partial charge on any atom is 0.351 e. The highest BCUT2D eigenvalue weighted by Gasteiger charge is 2.45. The SMILES string of the molecule is CCCO[Si](CI)(OCCC)C1CCCCC1. The van der Waals surface area contributed by atoms with Gasteiger partial charge in [0, 0.05) is 22.8 Å². The normalized spacial score (nSPS) is 18.5. The van der Waals surface area contributed by atoms with Crippen LogP contribution in [0.5, 0.6) is 0 Å². The Morgan fingerprint density at radius 2 is 1.53 bits per heavy atom. The summed E-state index contributed by atoms with van der Waals surface area (Å²) in [5, 5.41) is 0. The molecule has 0 aromatic heterocycles. The number of hydrogen-bond acceptors (Lipinski definition) is 2. The molecule has 0 N–H and O–H groups in total. The lowest BCUT2D eigenvalue weighted by Crippen LogP contribution is -2.50. The van der Waals surface area contributed by atoms with E-state index in [4.69, 9.17) is 8.85 Å². The Hall–Kier alpha value is 0.867. The Balaban J connectivity index is 2.64. The maximum absolute atomic E-state index is 6.28. The van der Waals surface area contributed by atoms with Crippen LogP contribution in [0.25, 0.3) is 0 Å². The molecule has 0 amide bonds. The summed E-state index contributed by atoms with van der Waals surface area (Å²) in [4.78, 5) is 0. The molecule has 0 aromatic carbocycles. The molecule has 2 nitrogen and oxygen atoms in total. The van der Waals surface area contributed by atoms with Gasteiger partial charge in [0.2, 0.25) is 0 Å². The second-order valence-corrected chi connectivity index (χ2v) is 10.6. The molecule has 4 heteroatoms. The molecule has 0 bridgehead atoms. The van der Waals surface area contributed by atoms with Gasteiger partial charge < -0.3 is 8.85 Å². The van der Waals surface area contributed by atoms with E-state index in [2.05, 4.69) is 36.4 Å². The van der Waals surface area contributed by atoms with Crippen molar-refractivity contribution < 1.29 is 8.85 Å². The maximum atomic E-state index is 6.28. The fraction of sp³-hybridized carbons (Fsp3) is 1.00. The van der Waals surface area contributed by atoms with Crippen LogP contribution in [0, 0.1) is 0 Å². The predicted molar refractivity (Wildman–Crippen MR) is 84.0 cm³/mol. The standard InChI is InChI=1S/C13H27IO2Si/c1-3-10-15-17(12-14,16-11-4-2)13-8-6-5-7-9-13/h13H,3-12H2,1-2H3. The van der Waals surface area contributed by atoms with E-state index in [-0.39, 0.29) is 0 Å². The van der Waals surface area contributed by atoms with Crippen molar-refractivity contribution in [1.82, 2.24) is 0 Å². The smallest absolute Gasteiger partial charge is 0.351 e. The zero-order valence-electron chi connectivity index (χ0n) is 11.3. The average Bonchev–Trinajstić information content (AvgIpc) is 2.41. The number of alkyl halides is 1. The molecule has 0 radical (unpaired) electrons. The molecule has 0 spiro atoms. The highest BCUT2D eigenvalue weighted by Crippen LogP contribution is 2.39. The van der Waals surface area contributed by atoms with E-state index >= 15 is 0 Å². The van der Waals surface area contributed by atoms with Gasteiger partial charge in [-0.2, -0.15) is 0 Å². The second kappa shape index (κ2) is 8.88. The van der Waals surface area contributed by atoms with E-state index in [0.717, 1.165) is 35.6 Å². The summed E-state index contributed by atoms with van der Waals surface area (Å²) in [5.41, 5.74) is 0.742. The Morgan fingerprint density at radius 1 is 1.00 bits per heavy atom. The number of halogens is 1. The molecule has 1 fully saturated rings. The molecule has 0 atom stereocenters. The van der Waals surface area contributed by atoms with Gasteiger partial charge in [0.25, 0.3) is 0 Å². The third-order valence-corrected chi connectivity index (χ3v) is 10.3. The van der Waals surface area contributed by atoms with E-state index in [0.29, 0.717) is 0 Å². The van der Waals surface area contributed by atoms with Gasteiger partial charge in [-0.1, -0.05) is 55.7 Å². The largest absolute Gasteiger partial charge is 0.394 e. The van der Waals surface area contributed by atoms with Gasteiger partial charge in [0.05, 0.1) is 0 Å². The lowest BCUT2D eigenvalue weighted by molar-refractivity contribution is 0.156. The first-order valence-corrected chi connectivity index (χ1v) is 10.8. The van der Waals surface area contributed by atoms with Crippen LogP contribution in [0.4, 0.5) is 0 Å². The van der Waals surface area contributed by atoms with Crippen molar-refractivity contribution in [2.24, 2.45) is 0 Å². The molecule has 1 saturated carbocycles. The minimum Gasteiger partial charge on any atom is -0.394 e. The molecule has 0 unspecified atom stereocenters. The molecule has 1 aliphatic rings. The Labute approximate surface area is 121 Å². The average molecular weight is 370 g/mol. The lowest BCUT2D eigenvalue weighted by atomic mass is 10.0. The summed E-state index contributed by atoms with van der Waals surface area (Å²) in [6, 6.07) is 0. The summed E-state index contributed by atoms with van der Waals surface area (Å²) in [5.74, 6) is 0. The molecule has 102 valence electrons. The molecule has 1 rings (SSSR count). The van der Waals surface area contributed by atoms with Crippen molar-refractivity contribution in [1.29, 1.82) is 0 Å². The Morgan fingerprint density at radius 3 is 1.94 bits per heavy atom. The van der Waals surface area contributed by atoms with Crippen LogP contribution in [0.3, 0.4) is 0 Å². The summed E-state index contributed by atoms with van der Waals surface area (Å²) in [6.07, 6.45) is 9.04. The zero-order valence-corrected chi connectivity index (χ0v) is 14.5. The number of rotatable bonds is 8. The van der Waals surface area contributed by atoms with Crippen molar-refractivity contribution in [3.05, 3.63) is 0 Å². The first-order chi connectivity index (χ1) is 8.29. The van der Waals surface area contributed by atoms with Gasteiger partial charge in [0.1, 0.15) is 0 Å². The monoisotopic (exact) mass is 370 g/mol. The van der Waals surface area contributed by atoms with Crippen LogP contribution < -0.4 is 0 Å². The topological polar surface area (TPSA) is 18.5 Å². The third-order valence-electron chi connectivity index (χ3n) is 3.51. The molecule has 0 aromatic rings. The van der Waals surface area contributed by atoms with E-state index in [1.165, 1.54) is 32.1 Å². The molecular weight excluding hydrogens is 343 g/mol. The molecular formula is C13H27IO2Si. The number of hydrogen-bond donors (Lipinski definition) is 0. The zero-order chi connectivity index (χ0) is 12.6. The first kappa shape index (κ1) is 15.9. The van der Waals surface area contributed by atoms with E-state index in [1.807, 2.05) is 0 Å². The van der Waals surface area contributed by atoms with Gasteiger partial charge in [-0.05, 0) is 25.7 Å². The molecule has 1 aliphatic carbocycles.